The molecule has 0 aliphatic carbocycles. The average Bonchev–Trinajstić information content (AvgIpc) is 3.17. The van der Waals surface area contributed by atoms with Crippen LogP contribution in [0.4, 0.5) is 19.0 Å². The van der Waals surface area contributed by atoms with E-state index in [9.17, 15) is 13.2 Å². The average molecular weight is 393 g/mol. The minimum absolute atomic E-state index is 0. The summed E-state index contributed by atoms with van der Waals surface area (Å²) in [4.78, 5) is 12.1. The fourth-order valence-electron chi connectivity index (χ4n) is 3.85. The summed E-state index contributed by atoms with van der Waals surface area (Å²) >= 11 is 1.12. The van der Waals surface area contributed by atoms with Crippen LogP contribution >= 0.6 is 23.7 Å². The SMILES string of the molecule is Cc1nc(N2CCC3(CCNC3)C2)c2cc(CC(F)(F)F)sc2n1.Cl. The Balaban J connectivity index is 0.00000182. The van der Waals surface area contributed by atoms with E-state index in [1.165, 1.54) is 0 Å². The van der Waals surface area contributed by atoms with Gasteiger partial charge in [-0.05, 0) is 32.4 Å². The molecular formula is C16H20ClF3N4S. The Morgan fingerprint density at radius 2 is 2.12 bits per heavy atom. The highest BCUT2D eigenvalue weighted by Gasteiger charge is 2.41. The maximum absolute atomic E-state index is 12.7. The standard InChI is InChI=1S/C16H19F3N4S.ClH/c1-10-21-13(23-5-3-15(9-23)2-4-20-8-15)12-6-11(7-16(17,18)19)24-14(12)22-10;/h6,20H,2-5,7-9H2,1H3;1H. The van der Waals surface area contributed by atoms with Crippen molar-refractivity contribution < 1.29 is 13.2 Å². The number of hydrogen-bond acceptors (Lipinski definition) is 5. The third-order valence-electron chi connectivity index (χ3n) is 4.98. The molecule has 1 spiro atoms. The number of alkyl halides is 3. The van der Waals surface area contributed by atoms with Crippen LogP contribution in [-0.2, 0) is 6.42 Å². The summed E-state index contributed by atoms with van der Waals surface area (Å²) in [5.41, 5.74) is 0.288. The van der Waals surface area contributed by atoms with Gasteiger partial charge in [-0.15, -0.1) is 23.7 Å². The zero-order chi connectivity index (χ0) is 16.9. The molecule has 0 aromatic carbocycles. The summed E-state index contributed by atoms with van der Waals surface area (Å²) in [5.74, 6) is 1.41. The first-order chi connectivity index (χ1) is 11.3. The Labute approximate surface area is 154 Å². The van der Waals surface area contributed by atoms with E-state index in [0.717, 1.165) is 61.6 Å². The van der Waals surface area contributed by atoms with Crippen LogP contribution in [0.15, 0.2) is 6.07 Å². The molecule has 4 heterocycles. The van der Waals surface area contributed by atoms with Crippen LogP contribution in [0.2, 0.25) is 0 Å². The van der Waals surface area contributed by atoms with E-state index in [1.54, 1.807) is 13.0 Å². The smallest absolute Gasteiger partial charge is 0.355 e. The Hall–Kier alpha value is -1.12. The molecule has 9 heteroatoms. The number of anilines is 1. The van der Waals surface area contributed by atoms with E-state index in [-0.39, 0.29) is 17.8 Å². The van der Waals surface area contributed by atoms with Gasteiger partial charge < -0.3 is 10.2 Å². The van der Waals surface area contributed by atoms with Gasteiger partial charge in [0.25, 0.3) is 0 Å². The van der Waals surface area contributed by atoms with Crippen molar-refractivity contribution in [1.29, 1.82) is 0 Å². The molecule has 2 saturated heterocycles. The second kappa shape index (κ2) is 6.55. The van der Waals surface area contributed by atoms with Crippen LogP contribution in [-0.4, -0.2) is 42.3 Å². The van der Waals surface area contributed by atoms with Crippen molar-refractivity contribution in [2.75, 3.05) is 31.1 Å². The molecule has 4 nitrogen and oxygen atoms in total. The van der Waals surface area contributed by atoms with Crippen LogP contribution < -0.4 is 10.2 Å². The molecule has 1 atom stereocenters. The maximum Gasteiger partial charge on any atom is 0.393 e. The van der Waals surface area contributed by atoms with Gasteiger partial charge in [-0.3, -0.25) is 0 Å². The fourth-order valence-corrected chi connectivity index (χ4v) is 4.94. The monoisotopic (exact) mass is 392 g/mol. The molecule has 0 bridgehead atoms. The van der Waals surface area contributed by atoms with Crippen molar-refractivity contribution in [3.8, 4) is 0 Å². The third-order valence-corrected chi connectivity index (χ3v) is 6.01. The highest BCUT2D eigenvalue weighted by molar-refractivity contribution is 7.18. The van der Waals surface area contributed by atoms with Gasteiger partial charge in [0.1, 0.15) is 16.5 Å². The lowest BCUT2D eigenvalue weighted by atomic mass is 9.87. The minimum Gasteiger partial charge on any atom is -0.355 e. The van der Waals surface area contributed by atoms with E-state index in [2.05, 4.69) is 20.2 Å². The lowest BCUT2D eigenvalue weighted by Crippen LogP contribution is -2.29. The Morgan fingerprint density at radius 3 is 2.80 bits per heavy atom. The summed E-state index contributed by atoms with van der Waals surface area (Å²) in [6.45, 7) is 5.67. The lowest BCUT2D eigenvalue weighted by molar-refractivity contribution is -0.126. The molecule has 1 N–H and O–H groups in total. The number of fused-ring (bicyclic) bond motifs is 1. The molecule has 2 aliphatic rings. The fraction of sp³-hybridized carbons (Fsp3) is 0.625. The van der Waals surface area contributed by atoms with Crippen molar-refractivity contribution in [3.05, 3.63) is 16.8 Å². The first-order valence-corrected chi connectivity index (χ1v) is 8.95. The van der Waals surface area contributed by atoms with Crippen molar-refractivity contribution in [3.63, 3.8) is 0 Å². The van der Waals surface area contributed by atoms with Gasteiger partial charge >= 0.3 is 6.18 Å². The Morgan fingerprint density at radius 1 is 1.32 bits per heavy atom. The molecule has 4 rings (SSSR count). The molecule has 0 saturated carbocycles. The summed E-state index contributed by atoms with van der Waals surface area (Å²) < 4.78 is 38.1. The third kappa shape index (κ3) is 3.71. The zero-order valence-electron chi connectivity index (χ0n) is 13.8. The molecule has 2 aliphatic heterocycles. The second-order valence-corrected chi connectivity index (χ2v) is 8.03. The lowest BCUT2D eigenvalue weighted by Gasteiger charge is -2.23. The molecular weight excluding hydrogens is 373 g/mol. The number of hydrogen-bond donors (Lipinski definition) is 1. The molecule has 2 aromatic rings. The van der Waals surface area contributed by atoms with Crippen molar-refractivity contribution in [2.45, 2.75) is 32.4 Å². The molecule has 2 aromatic heterocycles. The first kappa shape index (κ1) is 18.7. The highest BCUT2D eigenvalue weighted by atomic mass is 35.5. The van der Waals surface area contributed by atoms with Gasteiger partial charge in [0.05, 0.1) is 11.8 Å². The van der Waals surface area contributed by atoms with E-state index in [4.69, 9.17) is 0 Å². The maximum atomic E-state index is 12.7. The quantitative estimate of drug-likeness (QED) is 0.845. The topological polar surface area (TPSA) is 41.1 Å². The molecule has 1 unspecified atom stereocenters. The van der Waals surface area contributed by atoms with Gasteiger partial charge in [-0.25, -0.2) is 9.97 Å². The van der Waals surface area contributed by atoms with Crippen molar-refractivity contribution in [2.24, 2.45) is 5.41 Å². The number of nitrogens with one attached hydrogen (secondary N) is 1. The number of aryl methyl sites for hydroxylation is 1. The van der Waals surface area contributed by atoms with E-state index in [0.29, 0.717) is 15.5 Å². The largest absolute Gasteiger partial charge is 0.393 e. The van der Waals surface area contributed by atoms with Gasteiger partial charge in [0, 0.05) is 29.9 Å². The van der Waals surface area contributed by atoms with Crippen LogP contribution in [0.3, 0.4) is 0 Å². The summed E-state index contributed by atoms with van der Waals surface area (Å²) in [6.07, 6.45) is -2.85. The summed E-state index contributed by atoms with van der Waals surface area (Å²) in [6, 6.07) is 1.63. The van der Waals surface area contributed by atoms with Gasteiger partial charge in [0.15, 0.2) is 0 Å². The Bertz CT molecular complexity index is 771. The minimum atomic E-state index is -4.20. The number of halogens is 4. The molecule has 0 radical (unpaired) electrons. The Kier molecular flexibility index (Phi) is 4.89. The predicted octanol–water partition coefficient (Wildman–Crippen LogP) is 3.72. The van der Waals surface area contributed by atoms with Crippen LogP contribution in [0.5, 0.6) is 0 Å². The highest BCUT2D eigenvalue weighted by Crippen LogP contribution is 2.41. The number of rotatable bonds is 2. The van der Waals surface area contributed by atoms with Gasteiger partial charge in [-0.2, -0.15) is 13.2 Å². The summed E-state index contributed by atoms with van der Waals surface area (Å²) in [5, 5.41) is 4.18. The molecule has 0 amide bonds. The van der Waals surface area contributed by atoms with Crippen LogP contribution in [0.25, 0.3) is 10.2 Å². The molecule has 25 heavy (non-hydrogen) atoms. The normalized spacial score (nSPS) is 23.6. The van der Waals surface area contributed by atoms with Crippen molar-refractivity contribution in [1.82, 2.24) is 15.3 Å². The number of aromatic nitrogens is 2. The first-order valence-electron chi connectivity index (χ1n) is 8.13. The van der Waals surface area contributed by atoms with E-state index in [1.807, 2.05) is 0 Å². The number of thiophene rings is 1. The van der Waals surface area contributed by atoms with Gasteiger partial charge in [0.2, 0.25) is 0 Å². The van der Waals surface area contributed by atoms with Crippen molar-refractivity contribution >= 4 is 39.8 Å². The van der Waals surface area contributed by atoms with Crippen LogP contribution in [0, 0.1) is 12.3 Å². The summed E-state index contributed by atoms with van der Waals surface area (Å²) in [7, 11) is 0. The van der Waals surface area contributed by atoms with E-state index >= 15 is 0 Å². The van der Waals surface area contributed by atoms with Gasteiger partial charge in [-0.1, -0.05) is 0 Å². The molecule has 2 fully saturated rings. The predicted molar refractivity (Wildman–Crippen MR) is 95.9 cm³/mol. The van der Waals surface area contributed by atoms with Crippen LogP contribution in [0.1, 0.15) is 23.5 Å². The van der Waals surface area contributed by atoms with E-state index < -0.39 is 12.6 Å². The molecule has 138 valence electrons. The number of nitrogens with zero attached hydrogens (tertiary/aromatic N) is 3. The second-order valence-electron chi connectivity index (χ2n) is 6.92. The zero-order valence-corrected chi connectivity index (χ0v) is 15.5.